The Kier molecular flexibility index (Phi) is 5.28. The van der Waals surface area contributed by atoms with Crippen molar-refractivity contribution in [3.05, 3.63) is 23.8 Å². The lowest BCUT2D eigenvalue weighted by Gasteiger charge is -2.17. The second-order valence-electron chi connectivity index (χ2n) is 5.38. The molecule has 0 amide bonds. The molecular weight excluding hydrogens is 284 g/mol. The van der Waals surface area contributed by atoms with Gasteiger partial charge < -0.3 is 9.67 Å². The Morgan fingerprint density at radius 1 is 1.48 bits per heavy atom. The number of carboxylic acids is 1. The van der Waals surface area contributed by atoms with Crippen LogP contribution in [0, 0.1) is 6.92 Å². The molecule has 0 aliphatic heterocycles. The fourth-order valence-electron chi connectivity index (χ4n) is 2.57. The summed E-state index contributed by atoms with van der Waals surface area (Å²) >= 11 is 1.30. The highest BCUT2D eigenvalue weighted by molar-refractivity contribution is 7.99. The van der Waals surface area contributed by atoms with Crippen molar-refractivity contribution in [2.75, 3.05) is 5.75 Å². The molecule has 0 aliphatic rings. The van der Waals surface area contributed by atoms with Gasteiger partial charge in [-0.25, -0.2) is 4.98 Å². The summed E-state index contributed by atoms with van der Waals surface area (Å²) in [7, 11) is 0. The molecule has 1 heterocycles. The number of aromatic nitrogens is 2. The van der Waals surface area contributed by atoms with Gasteiger partial charge in [0.15, 0.2) is 5.16 Å². The predicted molar refractivity (Wildman–Crippen MR) is 87.1 cm³/mol. The number of unbranched alkanes of at least 4 members (excludes halogenated alkanes) is 1. The zero-order valence-electron chi connectivity index (χ0n) is 12.8. The number of aryl methyl sites for hydroxylation is 1. The van der Waals surface area contributed by atoms with Crippen LogP contribution in [0.3, 0.4) is 0 Å². The topological polar surface area (TPSA) is 55.1 Å². The van der Waals surface area contributed by atoms with E-state index in [2.05, 4.69) is 36.4 Å². The Labute approximate surface area is 129 Å². The van der Waals surface area contributed by atoms with Crippen molar-refractivity contribution >= 4 is 28.8 Å². The first-order valence-electron chi connectivity index (χ1n) is 7.36. The first-order valence-corrected chi connectivity index (χ1v) is 8.35. The van der Waals surface area contributed by atoms with Gasteiger partial charge >= 0.3 is 5.97 Å². The summed E-state index contributed by atoms with van der Waals surface area (Å²) in [6.07, 6.45) is 3.40. The first kappa shape index (κ1) is 15.9. The molecule has 1 aromatic carbocycles. The molecule has 2 rings (SSSR count). The van der Waals surface area contributed by atoms with Crippen molar-refractivity contribution in [2.24, 2.45) is 0 Å². The summed E-state index contributed by atoms with van der Waals surface area (Å²) < 4.78 is 2.22. The minimum atomic E-state index is -0.809. The maximum atomic E-state index is 10.9. The van der Waals surface area contributed by atoms with Gasteiger partial charge in [0, 0.05) is 6.04 Å². The first-order chi connectivity index (χ1) is 10.0. The molecule has 0 fully saturated rings. The second-order valence-corrected chi connectivity index (χ2v) is 6.32. The molecular formula is C16H22N2O2S. The van der Waals surface area contributed by atoms with Gasteiger partial charge in [-0.05, 0) is 31.9 Å². The maximum Gasteiger partial charge on any atom is 0.313 e. The third-order valence-electron chi connectivity index (χ3n) is 3.62. The summed E-state index contributed by atoms with van der Waals surface area (Å²) in [4.78, 5) is 15.5. The number of thioether (sulfide) groups is 1. The second kappa shape index (κ2) is 6.98. The van der Waals surface area contributed by atoms with Crippen LogP contribution in [-0.4, -0.2) is 26.4 Å². The number of benzene rings is 1. The van der Waals surface area contributed by atoms with E-state index in [1.807, 2.05) is 12.1 Å². The molecule has 0 bridgehead atoms. The Hall–Kier alpha value is -1.49. The van der Waals surface area contributed by atoms with Crippen LogP contribution in [0.2, 0.25) is 0 Å². The lowest BCUT2D eigenvalue weighted by Crippen LogP contribution is -2.08. The van der Waals surface area contributed by atoms with Crippen molar-refractivity contribution in [1.29, 1.82) is 0 Å². The largest absolute Gasteiger partial charge is 0.481 e. The highest BCUT2D eigenvalue weighted by Gasteiger charge is 2.18. The van der Waals surface area contributed by atoms with E-state index in [0.29, 0.717) is 6.04 Å². The lowest BCUT2D eigenvalue weighted by molar-refractivity contribution is -0.133. The fraction of sp³-hybridized carbons (Fsp3) is 0.500. The molecule has 21 heavy (non-hydrogen) atoms. The molecule has 5 heteroatoms. The average molecular weight is 306 g/mol. The minimum Gasteiger partial charge on any atom is -0.481 e. The van der Waals surface area contributed by atoms with Crippen LogP contribution < -0.4 is 0 Å². The summed E-state index contributed by atoms with van der Waals surface area (Å²) in [6, 6.07) is 6.40. The normalized spacial score (nSPS) is 12.7. The number of rotatable bonds is 7. The summed E-state index contributed by atoms with van der Waals surface area (Å²) in [5, 5.41) is 9.73. The Morgan fingerprint density at radius 3 is 2.90 bits per heavy atom. The lowest BCUT2D eigenvalue weighted by atomic mass is 10.1. The smallest absolute Gasteiger partial charge is 0.313 e. The zero-order chi connectivity index (χ0) is 15.4. The van der Waals surface area contributed by atoms with E-state index >= 15 is 0 Å². The summed E-state index contributed by atoms with van der Waals surface area (Å²) in [5.74, 6) is -0.764. The van der Waals surface area contributed by atoms with Gasteiger partial charge in [0.1, 0.15) is 0 Å². The molecule has 0 spiro atoms. The third-order valence-corrected chi connectivity index (χ3v) is 4.56. The highest BCUT2D eigenvalue weighted by Crippen LogP contribution is 2.31. The van der Waals surface area contributed by atoms with Crippen LogP contribution >= 0.6 is 11.8 Å². The van der Waals surface area contributed by atoms with E-state index in [0.717, 1.165) is 35.5 Å². The summed E-state index contributed by atoms with van der Waals surface area (Å²) in [5.41, 5.74) is 3.27. The maximum absolute atomic E-state index is 10.9. The number of carbonyl (C=O) groups is 1. The molecule has 1 atom stereocenters. The molecule has 114 valence electrons. The number of fused-ring (bicyclic) bond motifs is 1. The van der Waals surface area contributed by atoms with Crippen molar-refractivity contribution in [3.63, 3.8) is 0 Å². The van der Waals surface area contributed by atoms with Crippen LogP contribution in [0.5, 0.6) is 0 Å². The van der Waals surface area contributed by atoms with Gasteiger partial charge in [0.05, 0.1) is 16.8 Å². The Morgan fingerprint density at radius 2 is 2.24 bits per heavy atom. The average Bonchev–Trinajstić information content (AvgIpc) is 2.82. The highest BCUT2D eigenvalue weighted by atomic mass is 32.2. The monoisotopic (exact) mass is 306 g/mol. The van der Waals surface area contributed by atoms with Crippen molar-refractivity contribution in [1.82, 2.24) is 9.55 Å². The molecule has 2 aromatic rings. The number of aliphatic carboxylic acids is 1. The van der Waals surface area contributed by atoms with Gasteiger partial charge in [-0.3, -0.25) is 4.79 Å². The SMILES string of the molecule is CCCCC(C)n1c(SCC(=O)O)nc2cccc(C)c21. The summed E-state index contributed by atoms with van der Waals surface area (Å²) in [6.45, 7) is 6.46. The van der Waals surface area contributed by atoms with Crippen LogP contribution in [0.4, 0.5) is 0 Å². The van der Waals surface area contributed by atoms with E-state index in [4.69, 9.17) is 5.11 Å². The zero-order valence-corrected chi connectivity index (χ0v) is 13.6. The standard InChI is InChI=1S/C16H22N2O2S/c1-4-5-8-12(3)18-15-11(2)7-6-9-13(15)17-16(18)21-10-14(19)20/h6-7,9,12H,4-5,8,10H2,1-3H3,(H,19,20). The molecule has 1 aromatic heterocycles. The van der Waals surface area contributed by atoms with Gasteiger partial charge in [-0.15, -0.1) is 0 Å². The number of hydrogen-bond acceptors (Lipinski definition) is 3. The van der Waals surface area contributed by atoms with Crippen LogP contribution in [0.15, 0.2) is 23.4 Å². The molecule has 4 nitrogen and oxygen atoms in total. The third kappa shape index (κ3) is 3.59. The van der Waals surface area contributed by atoms with Gasteiger partial charge in [0.2, 0.25) is 0 Å². The van der Waals surface area contributed by atoms with Crippen molar-refractivity contribution in [2.45, 2.75) is 51.2 Å². The number of hydrogen-bond donors (Lipinski definition) is 1. The van der Waals surface area contributed by atoms with Gasteiger partial charge in [-0.1, -0.05) is 43.7 Å². The van der Waals surface area contributed by atoms with Crippen LogP contribution in [0.1, 0.15) is 44.7 Å². The molecule has 1 N–H and O–H groups in total. The number of imidazole rings is 1. The van der Waals surface area contributed by atoms with Crippen molar-refractivity contribution in [3.8, 4) is 0 Å². The van der Waals surface area contributed by atoms with Crippen molar-refractivity contribution < 1.29 is 9.90 Å². The van der Waals surface area contributed by atoms with Gasteiger partial charge in [-0.2, -0.15) is 0 Å². The Bertz CT molecular complexity index is 636. The van der Waals surface area contributed by atoms with Crippen LogP contribution in [0.25, 0.3) is 11.0 Å². The minimum absolute atomic E-state index is 0.0445. The molecule has 1 unspecified atom stereocenters. The quantitative estimate of drug-likeness (QED) is 0.776. The Balaban J connectivity index is 2.45. The molecule has 0 saturated carbocycles. The van der Waals surface area contributed by atoms with Crippen LogP contribution in [-0.2, 0) is 4.79 Å². The number of carboxylic acid groups (broad SMARTS) is 1. The molecule has 0 saturated heterocycles. The van der Waals surface area contributed by atoms with E-state index < -0.39 is 5.97 Å². The number of para-hydroxylation sites is 1. The van der Waals surface area contributed by atoms with E-state index in [9.17, 15) is 4.79 Å². The fourth-order valence-corrected chi connectivity index (χ4v) is 3.39. The van der Waals surface area contributed by atoms with Gasteiger partial charge in [0.25, 0.3) is 0 Å². The van der Waals surface area contributed by atoms with E-state index in [1.54, 1.807) is 0 Å². The molecule has 0 radical (unpaired) electrons. The van der Waals surface area contributed by atoms with E-state index in [1.165, 1.54) is 17.3 Å². The van der Waals surface area contributed by atoms with E-state index in [-0.39, 0.29) is 5.75 Å². The number of nitrogens with zero attached hydrogens (tertiary/aromatic N) is 2. The molecule has 0 aliphatic carbocycles. The predicted octanol–water partition coefficient (Wildman–Crippen LogP) is 4.27.